The van der Waals surface area contributed by atoms with Gasteiger partial charge in [0.1, 0.15) is 5.75 Å². The smallest absolute Gasteiger partial charge is 0.216 e. The van der Waals surface area contributed by atoms with Crippen LogP contribution in [-0.2, 0) is 15.8 Å². The minimum atomic E-state index is -3.64. The van der Waals surface area contributed by atoms with Gasteiger partial charge in [0, 0.05) is 21.7 Å². The molecule has 0 spiro atoms. The third-order valence-electron chi connectivity index (χ3n) is 3.94. The summed E-state index contributed by atoms with van der Waals surface area (Å²) in [5.74, 6) is 0.771. The van der Waals surface area contributed by atoms with E-state index in [9.17, 15) is 8.42 Å². The molecular formula is C19H23Cl2NO3S. The molecule has 2 aromatic carbocycles. The van der Waals surface area contributed by atoms with E-state index in [-0.39, 0.29) is 11.8 Å². The molecule has 26 heavy (non-hydrogen) atoms. The number of methoxy groups -OCH3 is 1. The van der Waals surface area contributed by atoms with E-state index in [2.05, 4.69) is 18.6 Å². The minimum Gasteiger partial charge on any atom is -0.497 e. The molecule has 0 aliphatic carbocycles. The van der Waals surface area contributed by atoms with Crippen LogP contribution in [0.4, 0.5) is 0 Å². The van der Waals surface area contributed by atoms with E-state index in [1.54, 1.807) is 25.3 Å². The van der Waals surface area contributed by atoms with Crippen LogP contribution in [0.1, 0.15) is 37.4 Å². The molecule has 0 bridgehead atoms. The Morgan fingerprint density at radius 3 is 2.12 bits per heavy atom. The van der Waals surface area contributed by atoms with Crippen LogP contribution in [0.3, 0.4) is 0 Å². The van der Waals surface area contributed by atoms with Gasteiger partial charge in [-0.05, 0) is 42.2 Å². The highest BCUT2D eigenvalue weighted by Gasteiger charge is 2.23. The van der Waals surface area contributed by atoms with Gasteiger partial charge in [-0.25, -0.2) is 13.1 Å². The van der Waals surface area contributed by atoms with Crippen LogP contribution < -0.4 is 9.46 Å². The number of benzene rings is 2. The molecule has 0 aliphatic rings. The maximum atomic E-state index is 12.7. The first-order valence-corrected chi connectivity index (χ1v) is 10.7. The lowest BCUT2D eigenvalue weighted by Gasteiger charge is -2.22. The number of rotatable bonds is 8. The number of ether oxygens (including phenoxy) is 1. The van der Waals surface area contributed by atoms with Gasteiger partial charge in [0.15, 0.2) is 0 Å². The Morgan fingerprint density at radius 1 is 1.04 bits per heavy atom. The van der Waals surface area contributed by atoms with Gasteiger partial charge in [-0.15, -0.1) is 0 Å². The van der Waals surface area contributed by atoms with Crippen molar-refractivity contribution in [3.8, 4) is 5.75 Å². The zero-order chi connectivity index (χ0) is 19.3. The van der Waals surface area contributed by atoms with Crippen LogP contribution in [0.25, 0.3) is 0 Å². The van der Waals surface area contributed by atoms with E-state index in [1.165, 1.54) is 0 Å². The Kier molecular flexibility index (Phi) is 7.35. The first-order chi connectivity index (χ1) is 12.2. The lowest BCUT2D eigenvalue weighted by Crippen LogP contribution is -2.30. The summed E-state index contributed by atoms with van der Waals surface area (Å²) in [5.41, 5.74) is 1.29. The van der Waals surface area contributed by atoms with Crippen LogP contribution in [0.5, 0.6) is 5.75 Å². The molecule has 0 fully saturated rings. The summed E-state index contributed by atoms with van der Waals surface area (Å²) in [5, 5.41) is 0.681. The van der Waals surface area contributed by atoms with Gasteiger partial charge < -0.3 is 4.74 Å². The van der Waals surface area contributed by atoms with Crippen molar-refractivity contribution in [2.24, 2.45) is 5.92 Å². The third-order valence-corrected chi connectivity index (χ3v) is 5.96. The summed E-state index contributed by atoms with van der Waals surface area (Å²) >= 11 is 12.2. The summed E-state index contributed by atoms with van der Waals surface area (Å²) in [7, 11) is -2.04. The van der Waals surface area contributed by atoms with Crippen molar-refractivity contribution in [3.63, 3.8) is 0 Å². The Hall–Kier alpha value is -1.27. The lowest BCUT2D eigenvalue weighted by atomic mass is 9.98. The van der Waals surface area contributed by atoms with Crippen LogP contribution in [0, 0.1) is 5.92 Å². The van der Waals surface area contributed by atoms with Crippen molar-refractivity contribution < 1.29 is 13.2 Å². The van der Waals surface area contributed by atoms with E-state index < -0.39 is 10.0 Å². The largest absolute Gasteiger partial charge is 0.497 e. The van der Waals surface area contributed by atoms with Crippen molar-refractivity contribution >= 4 is 33.2 Å². The summed E-state index contributed by atoms with van der Waals surface area (Å²) in [6, 6.07) is 12.0. The van der Waals surface area contributed by atoms with Crippen LogP contribution in [-0.4, -0.2) is 15.5 Å². The summed E-state index contributed by atoms with van der Waals surface area (Å²) in [6.07, 6.45) is 0.668. The number of halogens is 2. The van der Waals surface area contributed by atoms with E-state index >= 15 is 0 Å². The maximum absolute atomic E-state index is 12.7. The molecule has 142 valence electrons. The molecule has 2 aromatic rings. The molecule has 0 radical (unpaired) electrons. The zero-order valence-electron chi connectivity index (χ0n) is 15.0. The molecule has 0 aliphatic heterocycles. The lowest BCUT2D eigenvalue weighted by molar-refractivity contribution is 0.414. The van der Waals surface area contributed by atoms with Crippen molar-refractivity contribution in [3.05, 3.63) is 63.6 Å². The molecule has 1 atom stereocenters. The summed E-state index contributed by atoms with van der Waals surface area (Å²) in [4.78, 5) is 0. The third kappa shape index (κ3) is 5.88. The molecule has 1 N–H and O–H groups in total. The minimum absolute atomic E-state index is 0.268. The molecule has 0 aromatic heterocycles. The Labute approximate surface area is 165 Å². The Morgan fingerprint density at radius 2 is 1.62 bits per heavy atom. The fraction of sp³-hybridized carbons (Fsp3) is 0.368. The first kappa shape index (κ1) is 21.0. The molecule has 2 rings (SSSR count). The van der Waals surface area contributed by atoms with Gasteiger partial charge in [-0.2, -0.15) is 0 Å². The average Bonchev–Trinajstić information content (AvgIpc) is 2.57. The normalized spacial score (nSPS) is 13.0. The van der Waals surface area contributed by atoms with E-state index in [4.69, 9.17) is 27.9 Å². The molecular weight excluding hydrogens is 393 g/mol. The highest BCUT2D eigenvalue weighted by Crippen LogP contribution is 2.28. The molecule has 0 saturated carbocycles. The van der Waals surface area contributed by atoms with Crippen molar-refractivity contribution in [2.45, 2.75) is 32.1 Å². The van der Waals surface area contributed by atoms with Crippen LogP contribution in [0.2, 0.25) is 10.0 Å². The van der Waals surface area contributed by atoms with Gasteiger partial charge in [0.25, 0.3) is 0 Å². The monoisotopic (exact) mass is 415 g/mol. The van der Waals surface area contributed by atoms with Crippen LogP contribution >= 0.6 is 23.2 Å². The number of sulfonamides is 1. The second-order valence-corrected chi connectivity index (χ2v) is 9.10. The van der Waals surface area contributed by atoms with Crippen molar-refractivity contribution in [1.29, 1.82) is 0 Å². The topological polar surface area (TPSA) is 55.4 Å². The second-order valence-electron chi connectivity index (χ2n) is 6.53. The van der Waals surface area contributed by atoms with Gasteiger partial charge in [0.2, 0.25) is 10.0 Å². The first-order valence-electron chi connectivity index (χ1n) is 8.28. The quantitative estimate of drug-likeness (QED) is 0.643. The second kappa shape index (κ2) is 9.09. The predicted molar refractivity (Wildman–Crippen MR) is 107 cm³/mol. The number of hydrogen-bond donors (Lipinski definition) is 1. The van der Waals surface area contributed by atoms with Gasteiger partial charge >= 0.3 is 0 Å². The number of nitrogens with one attached hydrogen (secondary N) is 1. The van der Waals surface area contributed by atoms with E-state index in [0.717, 1.165) is 11.3 Å². The molecule has 7 heteroatoms. The SMILES string of the molecule is COc1ccc([C@@H](CC(C)C)NS(=O)(=O)Cc2c(Cl)cccc2Cl)cc1. The number of hydrogen-bond acceptors (Lipinski definition) is 3. The van der Waals surface area contributed by atoms with E-state index in [0.29, 0.717) is 27.9 Å². The zero-order valence-corrected chi connectivity index (χ0v) is 17.3. The van der Waals surface area contributed by atoms with Crippen LogP contribution in [0.15, 0.2) is 42.5 Å². The standard InChI is InChI=1S/C19H23Cl2NO3S/c1-13(2)11-19(14-7-9-15(25-3)10-8-14)22-26(23,24)12-16-17(20)5-4-6-18(16)21/h4-10,13,19,22H,11-12H2,1-3H3/t19-/m1/s1. The Bertz CT molecular complexity index is 816. The summed E-state index contributed by atoms with van der Waals surface area (Å²) in [6.45, 7) is 4.10. The summed E-state index contributed by atoms with van der Waals surface area (Å²) < 4.78 is 33.4. The molecule has 0 amide bonds. The highest BCUT2D eigenvalue weighted by atomic mass is 35.5. The molecule has 0 heterocycles. The van der Waals surface area contributed by atoms with Gasteiger partial charge in [0.05, 0.1) is 12.9 Å². The fourth-order valence-electron chi connectivity index (χ4n) is 2.68. The van der Waals surface area contributed by atoms with Crippen molar-refractivity contribution in [1.82, 2.24) is 4.72 Å². The van der Waals surface area contributed by atoms with Crippen molar-refractivity contribution in [2.75, 3.05) is 7.11 Å². The molecule has 4 nitrogen and oxygen atoms in total. The van der Waals surface area contributed by atoms with Gasteiger partial charge in [-0.3, -0.25) is 0 Å². The van der Waals surface area contributed by atoms with E-state index in [1.807, 2.05) is 24.3 Å². The highest BCUT2D eigenvalue weighted by molar-refractivity contribution is 7.88. The van der Waals surface area contributed by atoms with Gasteiger partial charge in [-0.1, -0.05) is 55.2 Å². The maximum Gasteiger partial charge on any atom is 0.216 e. The molecule has 0 unspecified atom stereocenters. The Balaban J connectivity index is 2.25. The predicted octanol–water partition coefficient (Wildman–Crippen LogP) is 5.21. The average molecular weight is 416 g/mol. The molecule has 0 saturated heterocycles. The fourth-order valence-corrected chi connectivity index (χ4v) is 4.81.